The summed E-state index contributed by atoms with van der Waals surface area (Å²) in [5, 5.41) is 0. The van der Waals surface area contributed by atoms with E-state index in [1.165, 1.54) is 13.8 Å². The van der Waals surface area contributed by atoms with Gasteiger partial charge in [-0.1, -0.05) is 18.6 Å². The Kier molecular flexibility index (Phi) is 5.68. The lowest BCUT2D eigenvalue weighted by Gasteiger charge is -2.19. The number of allylic oxidation sites excluding steroid dienone is 2. The molecule has 0 saturated carbocycles. The average molecular weight is 270 g/mol. The van der Waals surface area contributed by atoms with Gasteiger partial charge in [-0.15, -0.1) is 13.2 Å². The zero-order valence-corrected chi connectivity index (χ0v) is 11.7. The predicted molar refractivity (Wildman–Crippen MR) is 64.8 cm³/mol. The van der Waals surface area contributed by atoms with Crippen molar-refractivity contribution in [3.63, 3.8) is 0 Å². The van der Waals surface area contributed by atoms with Gasteiger partial charge < -0.3 is 0 Å². The molecule has 1 unspecified atom stereocenters. The monoisotopic (exact) mass is 270 g/mol. The Balaban J connectivity index is 4.32. The minimum atomic E-state index is -4.56. The van der Waals surface area contributed by atoms with Gasteiger partial charge in [0.15, 0.2) is 0 Å². The standard InChI is InChI=1S/C10H18F4Si2/c1-5-10(4)16(13,14)7-6-15(11,12)8-9(2)3/h5,10H,1-2,6-8H2,3-4H3. The quantitative estimate of drug-likeness (QED) is 0.267. The summed E-state index contributed by atoms with van der Waals surface area (Å²) in [6.45, 7) is 9.53. The molecule has 0 N–H and O–H groups in total. The molecule has 16 heavy (non-hydrogen) atoms. The fourth-order valence-corrected chi connectivity index (χ4v) is 5.94. The van der Waals surface area contributed by atoms with Crippen LogP contribution in [0.15, 0.2) is 24.8 Å². The molecule has 0 fully saturated rings. The Morgan fingerprint density at radius 1 is 1.25 bits per heavy atom. The van der Waals surface area contributed by atoms with Crippen LogP contribution < -0.4 is 0 Å². The molecule has 0 aliphatic rings. The van der Waals surface area contributed by atoms with E-state index in [4.69, 9.17) is 0 Å². The summed E-state index contributed by atoms with van der Waals surface area (Å²) < 4.78 is 53.5. The molecule has 0 aliphatic carbocycles. The summed E-state index contributed by atoms with van der Waals surface area (Å²) in [4.78, 5) is 0. The van der Waals surface area contributed by atoms with Crippen molar-refractivity contribution >= 4 is 17.5 Å². The van der Waals surface area contributed by atoms with E-state index >= 15 is 0 Å². The van der Waals surface area contributed by atoms with Crippen LogP contribution in [0.3, 0.4) is 0 Å². The van der Waals surface area contributed by atoms with Crippen LogP contribution in [-0.4, -0.2) is 17.5 Å². The molecule has 0 amide bonds. The molecule has 0 radical (unpaired) electrons. The second-order valence-electron chi connectivity index (χ2n) is 4.28. The lowest BCUT2D eigenvalue weighted by Crippen LogP contribution is -2.32. The second-order valence-corrected chi connectivity index (χ2v) is 9.77. The Morgan fingerprint density at radius 2 is 1.75 bits per heavy atom. The van der Waals surface area contributed by atoms with E-state index in [0.29, 0.717) is 5.57 Å². The molecule has 0 aromatic carbocycles. The van der Waals surface area contributed by atoms with Crippen molar-refractivity contribution in [2.45, 2.75) is 37.5 Å². The highest BCUT2D eigenvalue weighted by molar-refractivity contribution is 6.73. The summed E-state index contributed by atoms with van der Waals surface area (Å²) in [7, 11) is -9.07. The van der Waals surface area contributed by atoms with E-state index in [0.717, 1.165) is 6.08 Å². The fraction of sp³-hybridized carbons (Fsp3) is 0.600. The summed E-state index contributed by atoms with van der Waals surface area (Å²) >= 11 is 0. The van der Waals surface area contributed by atoms with Crippen molar-refractivity contribution < 1.29 is 16.4 Å². The fourth-order valence-electron chi connectivity index (χ4n) is 1.28. The lowest BCUT2D eigenvalue weighted by atomic mass is 10.4. The van der Waals surface area contributed by atoms with Crippen LogP contribution in [0, 0.1) is 0 Å². The maximum Gasteiger partial charge on any atom is 0.431 e. The van der Waals surface area contributed by atoms with Gasteiger partial charge in [0.25, 0.3) is 0 Å². The predicted octanol–water partition coefficient (Wildman–Crippen LogP) is 4.90. The molecule has 0 bridgehead atoms. The van der Waals surface area contributed by atoms with Crippen molar-refractivity contribution in [1.29, 1.82) is 0 Å². The molecule has 0 nitrogen and oxygen atoms in total. The third kappa shape index (κ3) is 5.65. The maximum absolute atomic E-state index is 13.4. The van der Waals surface area contributed by atoms with Crippen LogP contribution in [0.1, 0.15) is 13.8 Å². The largest absolute Gasteiger partial charge is 0.431 e. The first-order valence-corrected chi connectivity index (χ1v) is 9.34. The van der Waals surface area contributed by atoms with E-state index in [1.54, 1.807) is 0 Å². The molecule has 0 spiro atoms. The summed E-state index contributed by atoms with van der Waals surface area (Å²) in [5.74, 6) is 0. The van der Waals surface area contributed by atoms with Crippen molar-refractivity contribution in [3.8, 4) is 0 Å². The highest BCUT2D eigenvalue weighted by Gasteiger charge is 2.45. The molecule has 0 rings (SSSR count). The minimum Gasteiger partial charge on any atom is -0.270 e. The first kappa shape index (κ1) is 15.6. The Morgan fingerprint density at radius 3 is 2.12 bits per heavy atom. The maximum atomic E-state index is 13.4. The molecule has 0 heterocycles. The molecule has 0 aromatic heterocycles. The topological polar surface area (TPSA) is 0 Å². The summed E-state index contributed by atoms with van der Waals surface area (Å²) in [6, 6.07) is -1.64. The highest BCUT2D eigenvalue weighted by atomic mass is 28.4. The van der Waals surface area contributed by atoms with Crippen LogP contribution in [0.5, 0.6) is 0 Å². The SMILES string of the molecule is C=CC(C)[Si](F)(F)CC[Si](F)(F)CC(=C)C. The minimum absolute atomic E-state index is 0.374. The van der Waals surface area contributed by atoms with Gasteiger partial charge >= 0.3 is 17.5 Å². The summed E-state index contributed by atoms with van der Waals surface area (Å²) in [6.07, 6.45) is 1.16. The van der Waals surface area contributed by atoms with Crippen molar-refractivity contribution in [1.82, 2.24) is 0 Å². The molecular weight excluding hydrogens is 252 g/mol. The van der Waals surface area contributed by atoms with Crippen LogP contribution in [0.4, 0.5) is 16.4 Å². The Labute approximate surface area is 96.8 Å². The summed E-state index contributed by atoms with van der Waals surface area (Å²) in [5.41, 5.74) is -0.555. The van der Waals surface area contributed by atoms with Crippen molar-refractivity contribution in [2.24, 2.45) is 0 Å². The van der Waals surface area contributed by atoms with Gasteiger partial charge in [-0.25, -0.2) is 0 Å². The van der Waals surface area contributed by atoms with Gasteiger partial charge in [0, 0.05) is 23.7 Å². The zero-order chi connectivity index (χ0) is 13.0. The van der Waals surface area contributed by atoms with Gasteiger partial charge in [0.05, 0.1) is 0 Å². The van der Waals surface area contributed by atoms with Crippen LogP contribution in [0.25, 0.3) is 0 Å². The first-order chi connectivity index (χ1) is 7.10. The van der Waals surface area contributed by atoms with Gasteiger partial charge in [-0.05, 0) is 6.92 Å². The number of halogens is 4. The van der Waals surface area contributed by atoms with Crippen molar-refractivity contribution in [2.75, 3.05) is 0 Å². The Bertz CT molecular complexity index is 264. The highest BCUT2D eigenvalue weighted by Crippen LogP contribution is 2.35. The molecular formula is C10H18F4Si2. The number of rotatable bonds is 7. The smallest absolute Gasteiger partial charge is 0.270 e. The lowest BCUT2D eigenvalue weighted by molar-refractivity contribution is 0.555. The van der Waals surface area contributed by atoms with Gasteiger partial charge in [0.2, 0.25) is 0 Å². The molecule has 6 heteroatoms. The van der Waals surface area contributed by atoms with Gasteiger partial charge in [0.1, 0.15) is 0 Å². The second kappa shape index (κ2) is 5.81. The van der Waals surface area contributed by atoms with Crippen LogP contribution in [0.2, 0.25) is 23.7 Å². The van der Waals surface area contributed by atoms with Crippen LogP contribution in [-0.2, 0) is 0 Å². The zero-order valence-electron chi connectivity index (χ0n) is 9.70. The van der Waals surface area contributed by atoms with E-state index in [-0.39, 0.29) is 6.04 Å². The molecule has 94 valence electrons. The third-order valence-corrected chi connectivity index (χ3v) is 7.49. The molecule has 0 aliphatic heterocycles. The third-order valence-electron chi connectivity index (χ3n) is 2.40. The number of hydrogen-bond donors (Lipinski definition) is 0. The average Bonchev–Trinajstić information content (AvgIpc) is 2.12. The van der Waals surface area contributed by atoms with E-state index in [1.807, 2.05) is 0 Å². The Hall–Kier alpha value is -0.366. The molecule has 0 aromatic rings. The van der Waals surface area contributed by atoms with Gasteiger partial charge in [-0.3, -0.25) is 16.4 Å². The van der Waals surface area contributed by atoms with Gasteiger partial charge in [-0.2, -0.15) is 0 Å². The van der Waals surface area contributed by atoms with Crippen LogP contribution >= 0.6 is 0 Å². The first-order valence-electron chi connectivity index (χ1n) is 5.13. The van der Waals surface area contributed by atoms with E-state index < -0.39 is 35.1 Å². The van der Waals surface area contributed by atoms with Crippen molar-refractivity contribution in [3.05, 3.63) is 24.8 Å². The molecule has 0 saturated heterocycles. The normalized spacial score (nSPS) is 14.6. The number of hydrogen-bond acceptors (Lipinski definition) is 0. The van der Waals surface area contributed by atoms with E-state index in [9.17, 15) is 16.4 Å². The van der Waals surface area contributed by atoms with E-state index in [2.05, 4.69) is 13.2 Å². The molecule has 1 atom stereocenters.